The number of hydrogen-bond acceptors (Lipinski definition) is 4. The maximum Gasteiger partial charge on any atom is 0.414 e. The van der Waals surface area contributed by atoms with Gasteiger partial charge in [0.2, 0.25) is 5.91 Å². The smallest absolute Gasteiger partial charge is 0.414 e. The van der Waals surface area contributed by atoms with Gasteiger partial charge in [0.05, 0.1) is 0 Å². The van der Waals surface area contributed by atoms with E-state index in [-0.39, 0.29) is 25.0 Å². The number of carbonyl (C=O) groups is 2. The Morgan fingerprint density at radius 3 is 2.39 bits per heavy atom. The van der Waals surface area contributed by atoms with Crippen LogP contribution in [0.1, 0.15) is 37.7 Å². The number of anilines is 1. The number of hydroxylamine groups is 1. The third-order valence-corrected chi connectivity index (χ3v) is 6.15. The van der Waals surface area contributed by atoms with Gasteiger partial charge in [-0.25, -0.2) is 10.3 Å². The van der Waals surface area contributed by atoms with Crippen LogP contribution in [0.25, 0.3) is 22.0 Å². The second kappa shape index (κ2) is 12.6. The van der Waals surface area contributed by atoms with Gasteiger partial charge in [-0.05, 0) is 59.2 Å². The fraction of sp³-hybridized carbons (Fsp3) is 0.241. The Labute approximate surface area is 210 Å². The highest BCUT2D eigenvalue weighted by atomic mass is 16.6. The molecule has 2 amide bonds. The minimum atomic E-state index is -0.390. The van der Waals surface area contributed by atoms with E-state index in [1.54, 1.807) is 10.4 Å². The van der Waals surface area contributed by atoms with E-state index >= 15 is 0 Å². The third-order valence-electron chi connectivity index (χ3n) is 6.15. The Bertz CT molecular complexity index is 1270. The predicted molar refractivity (Wildman–Crippen MR) is 141 cm³/mol. The lowest BCUT2D eigenvalue weighted by atomic mass is 10.0. The number of aromatic amines is 1. The summed E-state index contributed by atoms with van der Waals surface area (Å²) in [5, 5.41) is 9.77. The van der Waals surface area contributed by atoms with Crippen LogP contribution in [-0.2, 0) is 16.1 Å². The number of benzene rings is 3. The van der Waals surface area contributed by atoms with Crippen LogP contribution in [0.3, 0.4) is 0 Å². The molecule has 7 heteroatoms. The van der Waals surface area contributed by atoms with Crippen LogP contribution in [0.5, 0.6) is 0 Å². The van der Waals surface area contributed by atoms with E-state index in [4.69, 9.17) is 9.94 Å². The number of amides is 2. The highest BCUT2D eigenvalue weighted by molar-refractivity contribution is 5.89. The molecule has 3 aromatic carbocycles. The summed E-state index contributed by atoms with van der Waals surface area (Å²) in [5.41, 5.74) is 6.61. The second-order valence-electron chi connectivity index (χ2n) is 8.72. The molecule has 0 aliphatic heterocycles. The Balaban J connectivity index is 1.42. The molecular weight excluding hydrogens is 454 g/mol. The molecule has 0 atom stereocenters. The van der Waals surface area contributed by atoms with Crippen molar-refractivity contribution >= 4 is 28.6 Å². The lowest BCUT2D eigenvalue weighted by Crippen LogP contribution is -2.32. The van der Waals surface area contributed by atoms with Gasteiger partial charge in [-0.3, -0.25) is 14.9 Å². The summed E-state index contributed by atoms with van der Waals surface area (Å²) in [5.74, 6) is -0.378. The number of unbranched alkanes of at least 4 members (excludes halogenated alkanes) is 3. The van der Waals surface area contributed by atoms with E-state index in [0.717, 1.165) is 47.2 Å². The average molecular weight is 486 g/mol. The Morgan fingerprint density at radius 1 is 0.861 bits per heavy atom. The first kappa shape index (κ1) is 25.0. The molecule has 4 rings (SSSR count). The molecule has 0 spiro atoms. The average Bonchev–Trinajstić information content (AvgIpc) is 3.40. The molecular formula is C29H31N3O4. The monoisotopic (exact) mass is 485 g/mol. The van der Waals surface area contributed by atoms with E-state index in [0.29, 0.717) is 13.0 Å². The zero-order chi connectivity index (χ0) is 25.2. The molecule has 1 aromatic heterocycles. The number of aromatic nitrogens is 1. The quantitative estimate of drug-likeness (QED) is 0.130. The summed E-state index contributed by atoms with van der Waals surface area (Å²) in [7, 11) is 0. The SMILES string of the molecule is O=C(CCCCCCN(C(=O)OCc1ccccc1)c1ccc(-c2ccc3cc[nH]c3c2)cc1)NO. The summed E-state index contributed by atoms with van der Waals surface area (Å²) >= 11 is 0. The van der Waals surface area contributed by atoms with Gasteiger partial charge in [-0.2, -0.15) is 0 Å². The molecule has 0 aliphatic carbocycles. The second-order valence-corrected chi connectivity index (χ2v) is 8.72. The number of H-pyrrole nitrogens is 1. The molecule has 36 heavy (non-hydrogen) atoms. The molecule has 186 valence electrons. The molecule has 0 aliphatic rings. The Morgan fingerprint density at radius 2 is 1.61 bits per heavy atom. The van der Waals surface area contributed by atoms with Crippen LogP contribution in [-0.4, -0.2) is 28.7 Å². The Kier molecular flexibility index (Phi) is 8.72. The molecule has 1 heterocycles. The molecule has 0 saturated carbocycles. The van der Waals surface area contributed by atoms with Crippen LogP contribution in [0.2, 0.25) is 0 Å². The first-order valence-corrected chi connectivity index (χ1v) is 12.2. The van der Waals surface area contributed by atoms with Crippen LogP contribution in [0.15, 0.2) is 85.1 Å². The summed E-state index contributed by atoms with van der Waals surface area (Å²) in [4.78, 5) is 29.1. The van der Waals surface area contributed by atoms with E-state index in [2.05, 4.69) is 23.2 Å². The predicted octanol–water partition coefficient (Wildman–Crippen LogP) is 6.43. The van der Waals surface area contributed by atoms with E-state index in [1.165, 1.54) is 5.39 Å². The highest BCUT2D eigenvalue weighted by Gasteiger charge is 2.17. The highest BCUT2D eigenvalue weighted by Crippen LogP contribution is 2.27. The van der Waals surface area contributed by atoms with Crippen molar-refractivity contribution in [2.75, 3.05) is 11.4 Å². The van der Waals surface area contributed by atoms with E-state index in [9.17, 15) is 9.59 Å². The van der Waals surface area contributed by atoms with Gasteiger partial charge in [0, 0.05) is 30.4 Å². The normalized spacial score (nSPS) is 10.8. The van der Waals surface area contributed by atoms with Crippen LogP contribution < -0.4 is 10.4 Å². The standard InChI is InChI=1S/C29H31N3O4/c33-28(31-35)10-6-1-2-7-19-32(29(34)36-21-22-8-4-3-5-9-22)26-15-13-23(14-16-26)25-12-11-24-17-18-30-27(24)20-25/h3-5,8-9,11-18,20,30,35H,1-2,6-7,10,19,21H2,(H,31,33). The van der Waals surface area contributed by atoms with Gasteiger partial charge in [0.25, 0.3) is 0 Å². The minimum absolute atomic E-state index is 0.209. The molecule has 3 N–H and O–H groups in total. The first-order valence-electron chi connectivity index (χ1n) is 12.2. The largest absolute Gasteiger partial charge is 0.444 e. The lowest BCUT2D eigenvalue weighted by Gasteiger charge is -2.23. The number of hydrogen-bond donors (Lipinski definition) is 3. The molecule has 0 bridgehead atoms. The maximum atomic E-state index is 13.1. The van der Waals surface area contributed by atoms with Crippen LogP contribution in [0, 0.1) is 0 Å². The maximum absolute atomic E-state index is 13.1. The fourth-order valence-electron chi connectivity index (χ4n) is 4.15. The zero-order valence-corrected chi connectivity index (χ0v) is 20.2. The van der Waals surface area contributed by atoms with E-state index in [1.807, 2.05) is 66.9 Å². The summed E-state index contributed by atoms with van der Waals surface area (Å²) in [6.07, 6.45) is 4.97. The van der Waals surface area contributed by atoms with Gasteiger partial charge in [-0.1, -0.05) is 67.4 Å². The van der Waals surface area contributed by atoms with Crippen molar-refractivity contribution in [3.8, 4) is 11.1 Å². The van der Waals surface area contributed by atoms with Crippen molar-refractivity contribution in [1.82, 2.24) is 10.5 Å². The van der Waals surface area contributed by atoms with Crippen molar-refractivity contribution in [3.63, 3.8) is 0 Å². The number of ether oxygens (including phenoxy) is 1. The van der Waals surface area contributed by atoms with Crippen molar-refractivity contribution in [2.24, 2.45) is 0 Å². The van der Waals surface area contributed by atoms with Crippen molar-refractivity contribution in [3.05, 3.63) is 90.6 Å². The number of nitrogens with one attached hydrogen (secondary N) is 2. The number of fused-ring (bicyclic) bond motifs is 1. The van der Waals surface area contributed by atoms with Gasteiger partial charge < -0.3 is 9.72 Å². The van der Waals surface area contributed by atoms with Crippen molar-refractivity contribution in [2.45, 2.75) is 38.7 Å². The van der Waals surface area contributed by atoms with Gasteiger partial charge in [0.1, 0.15) is 6.61 Å². The summed E-state index contributed by atoms with van der Waals surface area (Å²) in [6, 6.07) is 25.9. The molecule has 0 radical (unpaired) electrons. The molecule has 4 aromatic rings. The molecule has 0 saturated heterocycles. The Hall–Kier alpha value is -4.10. The zero-order valence-electron chi connectivity index (χ0n) is 20.2. The van der Waals surface area contributed by atoms with Crippen molar-refractivity contribution in [1.29, 1.82) is 0 Å². The first-order chi connectivity index (χ1) is 17.6. The summed E-state index contributed by atoms with van der Waals surface area (Å²) in [6.45, 7) is 0.717. The van der Waals surface area contributed by atoms with Crippen LogP contribution in [0.4, 0.5) is 10.5 Å². The molecule has 0 fully saturated rings. The number of carbonyl (C=O) groups excluding carboxylic acids is 2. The number of nitrogens with zero attached hydrogens (tertiary/aromatic N) is 1. The van der Waals surface area contributed by atoms with Crippen LogP contribution >= 0.6 is 0 Å². The topological polar surface area (TPSA) is 94.7 Å². The van der Waals surface area contributed by atoms with Gasteiger partial charge in [-0.15, -0.1) is 0 Å². The van der Waals surface area contributed by atoms with Crippen molar-refractivity contribution < 1.29 is 19.5 Å². The fourth-order valence-corrected chi connectivity index (χ4v) is 4.15. The molecule has 0 unspecified atom stereocenters. The minimum Gasteiger partial charge on any atom is -0.444 e. The molecule has 7 nitrogen and oxygen atoms in total. The third kappa shape index (κ3) is 6.73. The summed E-state index contributed by atoms with van der Waals surface area (Å²) < 4.78 is 5.63. The lowest BCUT2D eigenvalue weighted by molar-refractivity contribution is -0.129. The number of rotatable bonds is 11. The van der Waals surface area contributed by atoms with E-state index < -0.39 is 0 Å². The van der Waals surface area contributed by atoms with Gasteiger partial charge in [0.15, 0.2) is 0 Å². The van der Waals surface area contributed by atoms with Gasteiger partial charge >= 0.3 is 6.09 Å².